The maximum Gasteiger partial charge on any atom is 0.358 e. The number of hydrogen-bond donors (Lipinski definition) is 1. The van der Waals surface area contributed by atoms with Crippen LogP contribution in [-0.4, -0.2) is 40.5 Å². The third kappa shape index (κ3) is 3.85. The summed E-state index contributed by atoms with van der Waals surface area (Å²) in [6, 6.07) is 0. The summed E-state index contributed by atoms with van der Waals surface area (Å²) < 4.78 is 4.53. The van der Waals surface area contributed by atoms with Gasteiger partial charge < -0.3 is 9.84 Å². The van der Waals surface area contributed by atoms with Crippen LogP contribution in [0.15, 0.2) is 17.4 Å². The molecule has 1 rings (SSSR count). The highest BCUT2D eigenvalue weighted by molar-refractivity contribution is 7.99. The molecule has 0 fully saturated rings. The Morgan fingerprint density at radius 1 is 1.60 bits per heavy atom. The monoisotopic (exact) mass is 228 g/mol. The van der Waals surface area contributed by atoms with E-state index in [0.29, 0.717) is 11.4 Å². The molecule has 0 radical (unpaired) electrons. The molecule has 0 spiro atoms. The van der Waals surface area contributed by atoms with Gasteiger partial charge in [0.1, 0.15) is 5.03 Å². The van der Waals surface area contributed by atoms with E-state index in [-0.39, 0.29) is 12.3 Å². The van der Waals surface area contributed by atoms with Gasteiger partial charge in [-0.05, 0) is 6.42 Å². The van der Waals surface area contributed by atoms with E-state index in [1.165, 1.54) is 25.1 Å². The Balaban J connectivity index is 2.62. The quantitative estimate of drug-likeness (QED) is 0.455. The molecular weight excluding hydrogens is 216 g/mol. The summed E-state index contributed by atoms with van der Waals surface area (Å²) in [4.78, 5) is 19.1. The lowest BCUT2D eigenvalue weighted by Crippen LogP contribution is -2.05. The second-order valence-corrected chi connectivity index (χ2v) is 3.77. The number of aliphatic hydroxyl groups excluding tert-OH is 1. The molecule has 1 aromatic heterocycles. The molecule has 0 unspecified atom stereocenters. The van der Waals surface area contributed by atoms with E-state index in [1.54, 1.807) is 6.20 Å². The highest BCUT2D eigenvalue weighted by atomic mass is 32.2. The highest BCUT2D eigenvalue weighted by Gasteiger charge is 2.08. The highest BCUT2D eigenvalue weighted by Crippen LogP contribution is 2.15. The normalized spacial score (nSPS) is 10.0. The van der Waals surface area contributed by atoms with Crippen LogP contribution in [0.5, 0.6) is 0 Å². The summed E-state index contributed by atoms with van der Waals surface area (Å²) in [7, 11) is 1.30. The smallest absolute Gasteiger partial charge is 0.358 e. The number of methoxy groups -OCH3 is 1. The average Bonchev–Trinajstić information content (AvgIpc) is 2.29. The molecule has 0 amide bonds. The number of aliphatic hydroxyl groups is 1. The fourth-order valence-corrected chi connectivity index (χ4v) is 1.64. The largest absolute Gasteiger partial charge is 0.464 e. The van der Waals surface area contributed by atoms with Crippen molar-refractivity contribution in [2.75, 3.05) is 19.5 Å². The predicted molar refractivity (Wildman–Crippen MR) is 55.8 cm³/mol. The number of rotatable bonds is 5. The molecule has 0 saturated carbocycles. The third-order valence-electron chi connectivity index (χ3n) is 1.56. The van der Waals surface area contributed by atoms with Crippen molar-refractivity contribution in [2.45, 2.75) is 11.4 Å². The Kier molecular flexibility index (Phi) is 5.06. The number of hydrogen-bond acceptors (Lipinski definition) is 6. The van der Waals surface area contributed by atoms with Gasteiger partial charge in [0.2, 0.25) is 0 Å². The van der Waals surface area contributed by atoms with Crippen LogP contribution in [-0.2, 0) is 4.74 Å². The van der Waals surface area contributed by atoms with Crippen LogP contribution in [0.3, 0.4) is 0 Å². The molecule has 0 aliphatic rings. The number of thioether (sulfide) groups is 1. The summed E-state index contributed by atoms with van der Waals surface area (Å²) in [5.41, 5.74) is 0.200. The van der Waals surface area contributed by atoms with Gasteiger partial charge in [0.05, 0.1) is 19.5 Å². The third-order valence-corrected chi connectivity index (χ3v) is 2.54. The van der Waals surface area contributed by atoms with Gasteiger partial charge in [-0.25, -0.2) is 9.78 Å². The lowest BCUT2D eigenvalue weighted by atomic mass is 10.5. The number of nitrogens with zero attached hydrogens (tertiary/aromatic N) is 2. The van der Waals surface area contributed by atoms with Crippen LogP contribution in [0, 0.1) is 0 Å². The van der Waals surface area contributed by atoms with Crippen LogP contribution in [0.1, 0.15) is 16.9 Å². The van der Waals surface area contributed by atoms with Crippen molar-refractivity contribution >= 4 is 17.7 Å². The Morgan fingerprint density at radius 2 is 2.40 bits per heavy atom. The zero-order valence-corrected chi connectivity index (χ0v) is 9.16. The number of aromatic nitrogens is 2. The molecule has 15 heavy (non-hydrogen) atoms. The topological polar surface area (TPSA) is 72.3 Å². The van der Waals surface area contributed by atoms with Gasteiger partial charge in [-0.15, -0.1) is 11.8 Å². The van der Waals surface area contributed by atoms with Crippen molar-refractivity contribution in [1.29, 1.82) is 0 Å². The van der Waals surface area contributed by atoms with Gasteiger partial charge in [0.15, 0.2) is 5.69 Å². The van der Waals surface area contributed by atoms with Gasteiger partial charge in [0, 0.05) is 12.4 Å². The zero-order chi connectivity index (χ0) is 11.1. The fraction of sp³-hybridized carbons (Fsp3) is 0.444. The first kappa shape index (κ1) is 11.9. The van der Waals surface area contributed by atoms with Gasteiger partial charge in [-0.2, -0.15) is 0 Å². The van der Waals surface area contributed by atoms with Crippen molar-refractivity contribution in [3.63, 3.8) is 0 Å². The molecule has 0 aliphatic heterocycles. The zero-order valence-electron chi connectivity index (χ0n) is 8.34. The van der Waals surface area contributed by atoms with Gasteiger partial charge >= 0.3 is 5.97 Å². The molecule has 1 N–H and O–H groups in total. The first-order chi connectivity index (χ1) is 7.27. The van der Waals surface area contributed by atoms with Crippen molar-refractivity contribution in [1.82, 2.24) is 9.97 Å². The first-order valence-corrected chi connectivity index (χ1v) is 5.40. The number of carbonyl (C=O) groups is 1. The van der Waals surface area contributed by atoms with Crippen LogP contribution in [0.4, 0.5) is 0 Å². The molecule has 5 nitrogen and oxygen atoms in total. The average molecular weight is 228 g/mol. The molecule has 82 valence electrons. The van der Waals surface area contributed by atoms with E-state index >= 15 is 0 Å². The molecular formula is C9H12N2O3S. The predicted octanol–water partition coefficient (Wildman–Crippen LogP) is 0.738. The minimum absolute atomic E-state index is 0.150. The minimum atomic E-state index is -0.493. The van der Waals surface area contributed by atoms with E-state index < -0.39 is 5.97 Å². The van der Waals surface area contributed by atoms with Crippen molar-refractivity contribution in [3.8, 4) is 0 Å². The lowest BCUT2D eigenvalue weighted by molar-refractivity contribution is 0.0592. The van der Waals surface area contributed by atoms with E-state index in [0.717, 1.165) is 5.75 Å². The molecule has 0 saturated heterocycles. The van der Waals surface area contributed by atoms with Crippen LogP contribution < -0.4 is 0 Å². The summed E-state index contributed by atoms with van der Waals surface area (Å²) in [5.74, 6) is 0.252. The summed E-state index contributed by atoms with van der Waals surface area (Å²) in [6.07, 6.45) is 3.63. The standard InChI is InChI=1S/C9H12N2O3S/c1-14-9(13)7-5-10-6-8(11-7)15-4-2-3-12/h5-6,12H,2-4H2,1H3. The molecule has 0 aromatic carbocycles. The molecule has 0 atom stereocenters. The lowest BCUT2D eigenvalue weighted by Gasteiger charge is -2.01. The van der Waals surface area contributed by atoms with Crippen molar-refractivity contribution in [3.05, 3.63) is 18.1 Å². The van der Waals surface area contributed by atoms with Crippen LogP contribution in [0.2, 0.25) is 0 Å². The Bertz CT molecular complexity index is 333. The summed E-state index contributed by atoms with van der Waals surface area (Å²) in [6.45, 7) is 0.150. The molecule has 0 bridgehead atoms. The van der Waals surface area contributed by atoms with Crippen LogP contribution in [0.25, 0.3) is 0 Å². The van der Waals surface area contributed by atoms with Gasteiger partial charge in [0.25, 0.3) is 0 Å². The van der Waals surface area contributed by atoms with Gasteiger partial charge in [-0.1, -0.05) is 0 Å². The summed E-state index contributed by atoms with van der Waals surface area (Å²) in [5, 5.41) is 9.26. The first-order valence-electron chi connectivity index (χ1n) is 4.42. The SMILES string of the molecule is COC(=O)c1cncc(SCCCO)n1. The van der Waals surface area contributed by atoms with E-state index in [4.69, 9.17) is 5.11 Å². The Morgan fingerprint density at radius 3 is 3.07 bits per heavy atom. The maximum atomic E-state index is 11.1. The van der Waals surface area contributed by atoms with Crippen LogP contribution >= 0.6 is 11.8 Å². The Hall–Kier alpha value is -1.14. The van der Waals surface area contributed by atoms with E-state index in [1.807, 2.05) is 0 Å². The second kappa shape index (κ2) is 6.36. The Labute approximate surface area is 91.9 Å². The molecule has 1 heterocycles. The second-order valence-electron chi connectivity index (χ2n) is 2.66. The number of esters is 1. The van der Waals surface area contributed by atoms with Crippen molar-refractivity contribution in [2.24, 2.45) is 0 Å². The van der Waals surface area contributed by atoms with Gasteiger partial charge in [-0.3, -0.25) is 4.98 Å². The minimum Gasteiger partial charge on any atom is -0.464 e. The van der Waals surface area contributed by atoms with Crippen molar-refractivity contribution < 1.29 is 14.6 Å². The maximum absolute atomic E-state index is 11.1. The molecule has 0 aliphatic carbocycles. The van der Waals surface area contributed by atoms with E-state index in [2.05, 4.69) is 14.7 Å². The molecule has 1 aromatic rings. The van der Waals surface area contributed by atoms with E-state index in [9.17, 15) is 4.79 Å². The number of carbonyl (C=O) groups excluding carboxylic acids is 1. The number of ether oxygens (including phenoxy) is 1. The fourth-order valence-electron chi connectivity index (χ4n) is 0.862. The molecule has 6 heteroatoms. The summed E-state index contributed by atoms with van der Waals surface area (Å²) >= 11 is 1.45.